The minimum absolute atomic E-state index is 0.602. The van der Waals surface area contributed by atoms with Crippen LogP contribution >= 0.6 is 0 Å². The SMILES string of the molecule is [CH2]c1ccc(OCCOCC)cc1. The van der Waals surface area contributed by atoms with Gasteiger partial charge in [0.15, 0.2) is 0 Å². The Morgan fingerprint density at radius 3 is 2.46 bits per heavy atom. The van der Waals surface area contributed by atoms with Crippen molar-refractivity contribution in [3.63, 3.8) is 0 Å². The highest BCUT2D eigenvalue weighted by Gasteiger charge is 1.91. The summed E-state index contributed by atoms with van der Waals surface area (Å²) in [7, 11) is 0. The van der Waals surface area contributed by atoms with Crippen molar-refractivity contribution in [1.82, 2.24) is 0 Å². The zero-order chi connectivity index (χ0) is 9.52. The second-order valence-electron chi connectivity index (χ2n) is 2.69. The summed E-state index contributed by atoms with van der Waals surface area (Å²) in [6.45, 7) is 7.74. The molecular weight excluding hydrogens is 164 g/mol. The van der Waals surface area contributed by atoms with Gasteiger partial charge in [0.1, 0.15) is 12.4 Å². The highest BCUT2D eigenvalue weighted by atomic mass is 16.5. The van der Waals surface area contributed by atoms with Gasteiger partial charge in [0.25, 0.3) is 0 Å². The Bertz CT molecular complexity index is 228. The summed E-state index contributed by atoms with van der Waals surface area (Å²) in [5, 5.41) is 0. The van der Waals surface area contributed by atoms with Gasteiger partial charge >= 0.3 is 0 Å². The first-order valence-electron chi connectivity index (χ1n) is 4.45. The quantitative estimate of drug-likeness (QED) is 0.646. The van der Waals surface area contributed by atoms with E-state index in [2.05, 4.69) is 6.92 Å². The van der Waals surface area contributed by atoms with Crippen molar-refractivity contribution in [3.8, 4) is 5.75 Å². The maximum Gasteiger partial charge on any atom is 0.119 e. The van der Waals surface area contributed by atoms with Gasteiger partial charge in [0.2, 0.25) is 0 Å². The van der Waals surface area contributed by atoms with Crippen molar-refractivity contribution < 1.29 is 9.47 Å². The van der Waals surface area contributed by atoms with Gasteiger partial charge in [-0.3, -0.25) is 0 Å². The zero-order valence-electron chi connectivity index (χ0n) is 7.95. The molecule has 1 aromatic rings. The topological polar surface area (TPSA) is 18.5 Å². The normalized spacial score (nSPS) is 10.0. The molecule has 1 rings (SSSR count). The molecule has 0 aliphatic carbocycles. The van der Waals surface area contributed by atoms with E-state index < -0.39 is 0 Å². The molecule has 71 valence electrons. The lowest BCUT2D eigenvalue weighted by Crippen LogP contribution is -2.06. The molecule has 1 radical (unpaired) electrons. The Morgan fingerprint density at radius 2 is 1.85 bits per heavy atom. The predicted octanol–water partition coefficient (Wildman–Crippen LogP) is 2.28. The Hall–Kier alpha value is -1.02. The van der Waals surface area contributed by atoms with Gasteiger partial charge in [-0.15, -0.1) is 0 Å². The molecule has 0 aromatic heterocycles. The molecule has 0 atom stereocenters. The highest BCUT2D eigenvalue weighted by molar-refractivity contribution is 5.28. The average Bonchev–Trinajstić information content (AvgIpc) is 2.15. The number of hydrogen-bond acceptors (Lipinski definition) is 2. The molecule has 13 heavy (non-hydrogen) atoms. The minimum Gasteiger partial charge on any atom is -0.491 e. The maximum absolute atomic E-state index is 5.41. The largest absolute Gasteiger partial charge is 0.491 e. The second-order valence-corrected chi connectivity index (χ2v) is 2.69. The van der Waals surface area contributed by atoms with Gasteiger partial charge in [-0.2, -0.15) is 0 Å². The van der Waals surface area contributed by atoms with E-state index in [0.29, 0.717) is 13.2 Å². The predicted molar refractivity (Wildman–Crippen MR) is 52.9 cm³/mol. The van der Waals surface area contributed by atoms with E-state index in [4.69, 9.17) is 9.47 Å². The van der Waals surface area contributed by atoms with E-state index in [1.807, 2.05) is 31.2 Å². The summed E-state index contributed by atoms with van der Waals surface area (Å²) in [4.78, 5) is 0. The molecule has 0 aliphatic rings. The highest BCUT2D eigenvalue weighted by Crippen LogP contribution is 2.10. The zero-order valence-corrected chi connectivity index (χ0v) is 7.95. The van der Waals surface area contributed by atoms with E-state index >= 15 is 0 Å². The van der Waals surface area contributed by atoms with Crippen molar-refractivity contribution in [3.05, 3.63) is 36.8 Å². The van der Waals surface area contributed by atoms with Crippen LogP contribution in [0.25, 0.3) is 0 Å². The fourth-order valence-corrected chi connectivity index (χ4v) is 0.948. The number of benzene rings is 1. The van der Waals surface area contributed by atoms with Crippen LogP contribution in [0.3, 0.4) is 0 Å². The summed E-state index contributed by atoms with van der Waals surface area (Å²) < 4.78 is 10.6. The monoisotopic (exact) mass is 179 g/mol. The first-order valence-corrected chi connectivity index (χ1v) is 4.45. The molecule has 2 nitrogen and oxygen atoms in total. The number of hydrogen-bond donors (Lipinski definition) is 0. The molecule has 0 heterocycles. The summed E-state index contributed by atoms with van der Waals surface area (Å²) in [5.74, 6) is 0.868. The van der Waals surface area contributed by atoms with E-state index in [0.717, 1.165) is 17.9 Å². The molecule has 2 heteroatoms. The Morgan fingerprint density at radius 1 is 1.15 bits per heavy atom. The van der Waals surface area contributed by atoms with Crippen LogP contribution < -0.4 is 4.74 Å². The third kappa shape index (κ3) is 3.95. The lowest BCUT2D eigenvalue weighted by molar-refractivity contribution is 0.110. The van der Waals surface area contributed by atoms with E-state index in [9.17, 15) is 0 Å². The maximum atomic E-state index is 5.41. The third-order valence-corrected chi connectivity index (χ3v) is 1.62. The van der Waals surface area contributed by atoms with E-state index in [1.165, 1.54) is 0 Å². The molecule has 1 aromatic carbocycles. The summed E-state index contributed by atoms with van der Waals surface area (Å²) in [6, 6.07) is 7.68. The van der Waals surface area contributed by atoms with E-state index in [-0.39, 0.29) is 0 Å². The molecule has 0 spiro atoms. The number of ether oxygens (including phenoxy) is 2. The van der Waals surface area contributed by atoms with Gasteiger partial charge in [0, 0.05) is 6.61 Å². The van der Waals surface area contributed by atoms with Gasteiger partial charge in [-0.25, -0.2) is 0 Å². The number of rotatable bonds is 5. The minimum atomic E-state index is 0.602. The van der Waals surface area contributed by atoms with Gasteiger partial charge in [-0.05, 0) is 31.5 Å². The average molecular weight is 179 g/mol. The first kappa shape index (κ1) is 10.1. The second kappa shape index (κ2) is 5.60. The molecule has 0 N–H and O–H groups in total. The Kier molecular flexibility index (Phi) is 4.33. The van der Waals surface area contributed by atoms with Crippen LogP contribution in [0.4, 0.5) is 0 Å². The third-order valence-electron chi connectivity index (χ3n) is 1.62. The van der Waals surface area contributed by atoms with Crippen LogP contribution in [0, 0.1) is 6.92 Å². The van der Waals surface area contributed by atoms with Crippen molar-refractivity contribution in [1.29, 1.82) is 0 Å². The van der Waals surface area contributed by atoms with Gasteiger partial charge in [0.05, 0.1) is 6.61 Å². The summed E-state index contributed by atoms with van der Waals surface area (Å²) >= 11 is 0. The smallest absolute Gasteiger partial charge is 0.119 e. The molecule has 0 fully saturated rings. The molecular formula is C11H15O2. The van der Waals surface area contributed by atoms with Crippen LogP contribution in [0.1, 0.15) is 12.5 Å². The van der Waals surface area contributed by atoms with Crippen LogP contribution in [0.15, 0.2) is 24.3 Å². The Labute approximate surface area is 79.5 Å². The van der Waals surface area contributed by atoms with Crippen molar-refractivity contribution >= 4 is 0 Å². The van der Waals surface area contributed by atoms with Crippen LogP contribution in [0.2, 0.25) is 0 Å². The molecule has 0 amide bonds. The summed E-state index contributed by atoms with van der Waals surface area (Å²) in [6.07, 6.45) is 0. The molecule has 0 unspecified atom stereocenters. The Balaban J connectivity index is 2.25. The van der Waals surface area contributed by atoms with Crippen LogP contribution in [-0.2, 0) is 4.74 Å². The van der Waals surface area contributed by atoms with Crippen molar-refractivity contribution in [2.75, 3.05) is 19.8 Å². The standard InChI is InChI=1S/C11H15O2/c1-3-12-8-9-13-11-6-4-10(2)5-7-11/h4-7H,2-3,8-9H2,1H3. The lowest BCUT2D eigenvalue weighted by atomic mass is 10.2. The van der Waals surface area contributed by atoms with Crippen LogP contribution in [-0.4, -0.2) is 19.8 Å². The molecule has 0 bridgehead atoms. The first-order chi connectivity index (χ1) is 6.33. The molecule has 0 saturated carbocycles. The van der Waals surface area contributed by atoms with Gasteiger partial charge < -0.3 is 9.47 Å². The van der Waals surface area contributed by atoms with Gasteiger partial charge in [-0.1, -0.05) is 12.1 Å². The summed E-state index contributed by atoms with van der Waals surface area (Å²) in [5.41, 5.74) is 0.997. The fourth-order valence-electron chi connectivity index (χ4n) is 0.948. The molecule has 0 aliphatic heterocycles. The lowest BCUT2D eigenvalue weighted by Gasteiger charge is -2.05. The van der Waals surface area contributed by atoms with Crippen molar-refractivity contribution in [2.24, 2.45) is 0 Å². The fraction of sp³-hybridized carbons (Fsp3) is 0.364. The van der Waals surface area contributed by atoms with Crippen LogP contribution in [0.5, 0.6) is 5.75 Å². The molecule has 0 saturated heterocycles. The van der Waals surface area contributed by atoms with Crippen molar-refractivity contribution in [2.45, 2.75) is 6.92 Å². The van der Waals surface area contributed by atoms with E-state index in [1.54, 1.807) is 0 Å².